The van der Waals surface area contributed by atoms with E-state index in [2.05, 4.69) is 147 Å². The van der Waals surface area contributed by atoms with Crippen molar-refractivity contribution in [3.63, 3.8) is 0 Å². The van der Waals surface area contributed by atoms with Gasteiger partial charge >= 0.3 is 0 Å². The van der Waals surface area contributed by atoms with Crippen LogP contribution in [0.5, 0.6) is 0 Å². The molecule has 0 saturated carbocycles. The van der Waals surface area contributed by atoms with Crippen molar-refractivity contribution in [1.82, 2.24) is 9.55 Å². The van der Waals surface area contributed by atoms with E-state index < -0.39 is 0 Å². The molecule has 1 heterocycles. The zero-order chi connectivity index (χ0) is 42.3. The van der Waals surface area contributed by atoms with E-state index in [0.29, 0.717) is 11.8 Å². The Kier molecular flexibility index (Phi) is 11.2. The summed E-state index contributed by atoms with van der Waals surface area (Å²) in [5.74, 6) is 2.07. The van der Waals surface area contributed by atoms with Crippen molar-refractivity contribution >= 4 is 35.5 Å². The molecule has 3 unspecified atom stereocenters. The SMILES string of the molecule is C=C(CCC1CC(c2c3c(c(C)c4c2=CCCC=4)CCC=C3)=CC=C1C)C1=C2C=CC=CC2C(/C(=C/C)CCC(=C)c2nc3c(n2-c2ccccc2)C=CCC3)C2=CCCC=C21. The first-order valence-corrected chi connectivity index (χ1v) is 23.7. The molecule has 1 aromatic heterocycles. The molecule has 2 aromatic carbocycles. The Hall–Kier alpha value is -5.73. The maximum absolute atomic E-state index is 5.24. The average molecular weight is 811 g/mol. The number of hydrogen-bond acceptors (Lipinski definition) is 1. The number of aryl methyl sites for hydroxylation is 1. The number of rotatable bonds is 11. The molecule has 7 aliphatic carbocycles. The van der Waals surface area contributed by atoms with Gasteiger partial charge < -0.3 is 0 Å². The van der Waals surface area contributed by atoms with Gasteiger partial charge in [-0.1, -0.05) is 128 Å². The molecule has 3 aromatic rings. The van der Waals surface area contributed by atoms with Gasteiger partial charge in [0.15, 0.2) is 0 Å². The lowest BCUT2D eigenvalue weighted by Gasteiger charge is -2.41. The molecule has 0 saturated heterocycles. The third kappa shape index (κ3) is 7.20. The van der Waals surface area contributed by atoms with Crippen LogP contribution in [0.25, 0.3) is 41.1 Å². The molecule has 312 valence electrons. The Morgan fingerprint density at radius 2 is 1.60 bits per heavy atom. The summed E-state index contributed by atoms with van der Waals surface area (Å²) >= 11 is 0. The van der Waals surface area contributed by atoms with Crippen molar-refractivity contribution in [3.05, 3.63) is 199 Å². The summed E-state index contributed by atoms with van der Waals surface area (Å²) < 4.78 is 2.33. The molecule has 0 amide bonds. The molecule has 62 heavy (non-hydrogen) atoms. The highest BCUT2D eigenvalue weighted by Crippen LogP contribution is 2.52. The molecule has 2 heteroatoms. The fourth-order valence-electron chi connectivity index (χ4n) is 11.8. The van der Waals surface area contributed by atoms with Crippen molar-refractivity contribution in [2.75, 3.05) is 0 Å². The Morgan fingerprint density at radius 1 is 0.806 bits per heavy atom. The molecule has 0 bridgehead atoms. The average Bonchev–Trinajstić information content (AvgIpc) is 3.71. The van der Waals surface area contributed by atoms with E-state index >= 15 is 0 Å². The molecule has 0 spiro atoms. The third-order valence-corrected chi connectivity index (χ3v) is 15.0. The van der Waals surface area contributed by atoms with Crippen molar-refractivity contribution in [2.45, 2.75) is 104 Å². The maximum atomic E-state index is 5.24. The van der Waals surface area contributed by atoms with Gasteiger partial charge in [0.1, 0.15) is 5.82 Å². The van der Waals surface area contributed by atoms with Crippen LogP contribution < -0.4 is 10.4 Å². The second kappa shape index (κ2) is 17.2. The van der Waals surface area contributed by atoms with E-state index in [1.54, 1.807) is 5.56 Å². The molecule has 0 radical (unpaired) electrons. The lowest BCUT2D eigenvalue weighted by molar-refractivity contribution is 0.541. The first kappa shape index (κ1) is 40.3. The van der Waals surface area contributed by atoms with Gasteiger partial charge in [-0.15, -0.1) is 0 Å². The van der Waals surface area contributed by atoms with E-state index in [4.69, 9.17) is 18.1 Å². The van der Waals surface area contributed by atoms with Gasteiger partial charge in [-0.3, -0.25) is 4.57 Å². The number of para-hydroxylation sites is 1. The van der Waals surface area contributed by atoms with Crippen LogP contribution in [-0.4, -0.2) is 9.55 Å². The Bertz CT molecular complexity index is 2820. The monoisotopic (exact) mass is 810 g/mol. The fourth-order valence-corrected chi connectivity index (χ4v) is 11.8. The highest BCUT2D eigenvalue weighted by Gasteiger charge is 2.39. The van der Waals surface area contributed by atoms with Crippen LogP contribution in [0.1, 0.15) is 124 Å². The molecule has 0 N–H and O–H groups in total. The predicted octanol–water partition coefficient (Wildman–Crippen LogP) is 13.9. The highest BCUT2D eigenvalue weighted by atomic mass is 15.1. The van der Waals surface area contributed by atoms with Crippen LogP contribution >= 0.6 is 0 Å². The van der Waals surface area contributed by atoms with E-state index in [-0.39, 0.29) is 5.92 Å². The fraction of sp³-hybridized carbons (Fsp3) is 0.317. The van der Waals surface area contributed by atoms with Crippen LogP contribution in [0.3, 0.4) is 0 Å². The smallest absolute Gasteiger partial charge is 0.140 e. The topological polar surface area (TPSA) is 17.8 Å². The Labute approximate surface area is 370 Å². The minimum Gasteiger partial charge on any atom is -0.293 e. The summed E-state index contributed by atoms with van der Waals surface area (Å²) in [6.07, 6.45) is 50.0. The van der Waals surface area contributed by atoms with Crippen molar-refractivity contribution in [2.24, 2.45) is 17.8 Å². The van der Waals surface area contributed by atoms with Crippen LogP contribution in [0.2, 0.25) is 0 Å². The first-order valence-electron chi connectivity index (χ1n) is 23.7. The van der Waals surface area contributed by atoms with Gasteiger partial charge in [-0.2, -0.15) is 0 Å². The van der Waals surface area contributed by atoms with Gasteiger partial charge in [0.2, 0.25) is 0 Å². The Balaban J connectivity index is 0.904. The van der Waals surface area contributed by atoms with E-state index in [0.717, 1.165) is 101 Å². The summed E-state index contributed by atoms with van der Waals surface area (Å²) in [4.78, 5) is 5.24. The second-order valence-corrected chi connectivity index (χ2v) is 18.6. The standard InChI is InChI=1S/C60H62N2/c1-6-43(35-34-41(4)60-61-55-30-18-19-31-56(55)62(60)46-20-8-7-9-21-46)58-53-28-16-14-26-51(53)57(52-27-15-17-29-54(52)58)40(3)33-36-44-38-45(37-32-39(44)2)59-49-24-12-10-22-47(49)42(5)48-23-11-13-25-50(48)59/h6-9,12,14,16,19-21,23-29,31-32,37,44,53,58H,3-4,10-11,13,15,17-18,22,30,33-36,38H2,1-2,5H3/b43-6+. The summed E-state index contributed by atoms with van der Waals surface area (Å²) in [5, 5.41) is 2.98. The van der Waals surface area contributed by atoms with Crippen molar-refractivity contribution in [1.29, 1.82) is 0 Å². The maximum Gasteiger partial charge on any atom is 0.140 e. The lowest BCUT2D eigenvalue weighted by atomic mass is 9.62. The summed E-state index contributed by atoms with van der Waals surface area (Å²) in [6.45, 7) is 16.6. The number of fused-ring (bicyclic) bond motifs is 5. The quantitative estimate of drug-likeness (QED) is 0.176. The van der Waals surface area contributed by atoms with Gasteiger partial charge in [0.05, 0.1) is 11.4 Å². The summed E-state index contributed by atoms with van der Waals surface area (Å²) in [5.41, 5.74) is 22.3. The number of benzene rings is 2. The molecule has 2 nitrogen and oxygen atoms in total. The molecular weight excluding hydrogens is 749 g/mol. The van der Waals surface area contributed by atoms with E-state index in [1.807, 2.05) is 0 Å². The third-order valence-electron chi connectivity index (χ3n) is 15.0. The van der Waals surface area contributed by atoms with Crippen molar-refractivity contribution in [3.8, 4) is 5.69 Å². The zero-order valence-electron chi connectivity index (χ0n) is 37.3. The highest BCUT2D eigenvalue weighted by molar-refractivity contribution is 5.81. The van der Waals surface area contributed by atoms with E-state index in [1.165, 1.54) is 83.1 Å². The zero-order valence-corrected chi connectivity index (χ0v) is 37.3. The molecule has 3 atom stereocenters. The molecular formula is C60H62N2. The summed E-state index contributed by atoms with van der Waals surface area (Å²) in [6, 6.07) is 10.7. The lowest BCUT2D eigenvalue weighted by Crippen LogP contribution is -2.36. The van der Waals surface area contributed by atoms with Crippen LogP contribution in [-0.2, 0) is 12.8 Å². The van der Waals surface area contributed by atoms with Crippen LogP contribution in [0.4, 0.5) is 0 Å². The number of nitrogens with zero attached hydrogens (tertiary/aromatic N) is 2. The van der Waals surface area contributed by atoms with Gasteiger partial charge in [-0.05, 0) is 200 Å². The van der Waals surface area contributed by atoms with Crippen molar-refractivity contribution < 1.29 is 0 Å². The van der Waals surface area contributed by atoms with Crippen LogP contribution in [0, 0.1) is 24.7 Å². The number of hydrogen-bond donors (Lipinski definition) is 0. The summed E-state index contributed by atoms with van der Waals surface area (Å²) in [7, 11) is 0. The number of aromatic nitrogens is 2. The minimum absolute atomic E-state index is 0.280. The molecule has 0 aliphatic heterocycles. The Morgan fingerprint density at radius 3 is 2.45 bits per heavy atom. The predicted molar refractivity (Wildman–Crippen MR) is 265 cm³/mol. The minimum atomic E-state index is 0.280. The number of allylic oxidation sites excluding steroid dienone is 20. The normalized spacial score (nSPS) is 22.2. The largest absolute Gasteiger partial charge is 0.293 e. The molecule has 10 rings (SSSR count). The molecule has 7 aliphatic rings. The first-order chi connectivity index (χ1) is 30.4. The van der Waals surface area contributed by atoms with Gasteiger partial charge in [0.25, 0.3) is 0 Å². The molecule has 0 fully saturated rings. The van der Waals surface area contributed by atoms with Crippen LogP contribution in [0.15, 0.2) is 149 Å². The number of imidazole rings is 1. The van der Waals surface area contributed by atoms with Gasteiger partial charge in [0, 0.05) is 17.5 Å². The second-order valence-electron chi connectivity index (χ2n) is 18.6. The van der Waals surface area contributed by atoms with Gasteiger partial charge in [-0.25, -0.2) is 4.98 Å². The van der Waals surface area contributed by atoms with E-state index in [9.17, 15) is 0 Å².